The van der Waals surface area contributed by atoms with Crippen molar-refractivity contribution in [2.24, 2.45) is 0 Å². The monoisotopic (exact) mass is 327 g/mol. The van der Waals surface area contributed by atoms with Crippen molar-refractivity contribution in [3.05, 3.63) is 18.7 Å². The Bertz CT molecular complexity index is 569. The molecule has 0 aliphatic carbocycles. The fraction of sp³-hybridized carbons (Fsp3) is 0.733. The van der Waals surface area contributed by atoms with E-state index in [4.69, 9.17) is 0 Å². The molecule has 6 nitrogen and oxygen atoms in total. The lowest BCUT2D eigenvalue weighted by atomic mass is 10.1. The molecule has 0 bridgehead atoms. The molecule has 1 aromatic rings. The lowest BCUT2D eigenvalue weighted by molar-refractivity contribution is -0.133. The molecule has 1 aliphatic rings. The maximum absolute atomic E-state index is 12.5. The first-order valence-electron chi connectivity index (χ1n) is 7.97. The molecule has 0 aromatic carbocycles. The number of carbonyl (C=O) groups excluding carboxylic acids is 1. The Kier molecular flexibility index (Phi) is 5.99. The van der Waals surface area contributed by atoms with Gasteiger partial charge in [-0.2, -0.15) is 0 Å². The highest BCUT2D eigenvalue weighted by atomic mass is 32.2. The van der Waals surface area contributed by atoms with Gasteiger partial charge in [0.25, 0.3) is 0 Å². The number of nitrogens with zero attached hydrogens (tertiary/aromatic N) is 3. The largest absolute Gasteiger partial charge is 0.339 e. The van der Waals surface area contributed by atoms with Crippen LogP contribution in [0.2, 0.25) is 0 Å². The van der Waals surface area contributed by atoms with Crippen molar-refractivity contribution < 1.29 is 13.2 Å². The molecular weight excluding hydrogens is 302 g/mol. The summed E-state index contributed by atoms with van der Waals surface area (Å²) < 4.78 is 25.3. The van der Waals surface area contributed by atoms with Crippen LogP contribution in [-0.4, -0.2) is 52.9 Å². The van der Waals surface area contributed by atoms with E-state index in [9.17, 15) is 13.2 Å². The molecule has 1 aliphatic heterocycles. The van der Waals surface area contributed by atoms with Crippen LogP contribution >= 0.6 is 0 Å². The number of amides is 1. The lowest BCUT2D eigenvalue weighted by Gasteiger charge is -2.28. The average Bonchev–Trinajstić information content (AvgIpc) is 3.09. The van der Waals surface area contributed by atoms with Crippen molar-refractivity contribution >= 4 is 15.7 Å². The summed E-state index contributed by atoms with van der Waals surface area (Å²) >= 11 is 0. The minimum atomic E-state index is -2.96. The van der Waals surface area contributed by atoms with Crippen molar-refractivity contribution in [2.45, 2.75) is 51.6 Å². The summed E-state index contributed by atoms with van der Waals surface area (Å²) in [4.78, 5) is 18.3. The van der Waals surface area contributed by atoms with E-state index in [1.807, 2.05) is 15.7 Å². The van der Waals surface area contributed by atoms with Crippen molar-refractivity contribution in [2.75, 3.05) is 18.1 Å². The van der Waals surface area contributed by atoms with Crippen LogP contribution in [0.3, 0.4) is 0 Å². The molecule has 0 radical (unpaired) electrons. The maximum atomic E-state index is 12.5. The Balaban J connectivity index is 1.88. The Morgan fingerprint density at radius 1 is 1.41 bits per heavy atom. The molecule has 124 valence electrons. The van der Waals surface area contributed by atoms with Gasteiger partial charge in [-0.15, -0.1) is 0 Å². The normalized spacial score (nSPS) is 20.1. The zero-order chi connectivity index (χ0) is 16.0. The number of unbranched alkanes of at least 4 members (excludes halogenated alkanes) is 1. The number of carbonyl (C=O) groups is 1. The van der Waals surface area contributed by atoms with Crippen molar-refractivity contribution in [3.8, 4) is 0 Å². The summed E-state index contributed by atoms with van der Waals surface area (Å²) in [5.41, 5.74) is 0. The van der Waals surface area contributed by atoms with E-state index < -0.39 is 9.84 Å². The predicted octanol–water partition coefficient (Wildman–Crippen LogP) is 1.48. The van der Waals surface area contributed by atoms with Crippen LogP contribution in [0.25, 0.3) is 0 Å². The van der Waals surface area contributed by atoms with E-state index in [0.29, 0.717) is 19.4 Å². The molecular formula is C15H25N3O3S. The highest BCUT2D eigenvalue weighted by Crippen LogP contribution is 2.19. The first-order chi connectivity index (χ1) is 10.5. The zero-order valence-corrected chi connectivity index (χ0v) is 14.0. The predicted molar refractivity (Wildman–Crippen MR) is 85.1 cm³/mol. The van der Waals surface area contributed by atoms with Gasteiger partial charge in [0.15, 0.2) is 9.84 Å². The van der Waals surface area contributed by atoms with Gasteiger partial charge in [0.05, 0.1) is 17.8 Å². The first-order valence-corrected chi connectivity index (χ1v) is 9.79. The van der Waals surface area contributed by atoms with Crippen molar-refractivity contribution in [1.82, 2.24) is 14.5 Å². The van der Waals surface area contributed by atoms with E-state index in [-0.39, 0.29) is 23.5 Å². The van der Waals surface area contributed by atoms with Gasteiger partial charge in [-0.05, 0) is 19.3 Å². The van der Waals surface area contributed by atoms with Crippen LogP contribution < -0.4 is 0 Å². The third kappa shape index (κ3) is 4.83. The van der Waals surface area contributed by atoms with Crippen LogP contribution in [0.5, 0.6) is 0 Å². The number of sulfone groups is 1. The second kappa shape index (κ2) is 7.76. The molecule has 0 unspecified atom stereocenters. The number of hydrogen-bond donors (Lipinski definition) is 0. The van der Waals surface area contributed by atoms with Gasteiger partial charge in [0, 0.05) is 37.9 Å². The maximum Gasteiger partial charge on any atom is 0.222 e. The van der Waals surface area contributed by atoms with E-state index in [1.54, 1.807) is 12.5 Å². The van der Waals surface area contributed by atoms with Crippen LogP contribution in [0.15, 0.2) is 18.7 Å². The topological polar surface area (TPSA) is 72.3 Å². The molecule has 1 amide bonds. The highest BCUT2D eigenvalue weighted by Gasteiger charge is 2.33. The molecule has 0 saturated carbocycles. The molecule has 0 N–H and O–H groups in total. The SMILES string of the molecule is CCCCN(C(=O)CCCn1ccnc1)[C@@H]1CCS(=O)(=O)C1. The smallest absolute Gasteiger partial charge is 0.222 e. The number of aromatic nitrogens is 2. The Labute approximate surface area is 132 Å². The van der Waals surface area contributed by atoms with Crippen LogP contribution in [0.1, 0.15) is 39.0 Å². The van der Waals surface area contributed by atoms with Crippen molar-refractivity contribution in [3.63, 3.8) is 0 Å². The summed E-state index contributed by atoms with van der Waals surface area (Å²) in [7, 11) is -2.96. The molecule has 2 rings (SSSR count). The standard InChI is InChI=1S/C15H25N3O3S/c1-2-3-9-18(14-6-11-22(20,21)12-14)15(19)5-4-8-17-10-7-16-13-17/h7,10,13-14H,2-6,8-9,11-12H2,1H3/t14-/m1/s1. The Morgan fingerprint density at radius 2 is 2.23 bits per heavy atom. The number of imidazole rings is 1. The van der Waals surface area contributed by atoms with Gasteiger partial charge in [0.1, 0.15) is 0 Å². The second-order valence-corrected chi connectivity index (χ2v) is 8.13. The Hall–Kier alpha value is -1.37. The fourth-order valence-corrected chi connectivity index (χ4v) is 4.57. The van der Waals surface area contributed by atoms with E-state index in [0.717, 1.165) is 25.8 Å². The minimum Gasteiger partial charge on any atom is -0.339 e. The van der Waals surface area contributed by atoms with Gasteiger partial charge in [-0.1, -0.05) is 13.3 Å². The lowest BCUT2D eigenvalue weighted by Crippen LogP contribution is -2.41. The van der Waals surface area contributed by atoms with E-state index in [2.05, 4.69) is 11.9 Å². The molecule has 7 heteroatoms. The zero-order valence-electron chi connectivity index (χ0n) is 13.1. The van der Waals surface area contributed by atoms with Gasteiger partial charge in [-0.3, -0.25) is 4.79 Å². The molecule has 22 heavy (non-hydrogen) atoms. The van der Waals surface area contributed by atoms with Gasteiger partial charge >= 0.3 is 0 Å². The number of rotatable bonds is 8. The Morgan fingerprint density at radius 3 is 2.82 bits per heavy atom. The van der Waals surface area contributed by atoms with E-state index in [1.165, 1.54) is 0 Å². The van der Waals surface area contributed by atoms with E-state index >= 15 is 0 Å². The number of aryl methyl sites for hydroxylation is 1. The molecule has 1 saturated heterocycles. The second-order valence-electron chi connectivity index (χ2n) is 5.90. The molecule has 1 atom stereocenters. The summed E-state index contributed by atoms with van der Waals surface area (Å²) in [5, 5.41) is 0. The average molecular weight is 327 g/mol. The minimum absolute atomic E-state index is 0.0793. The molecule has 2 heterocycles. The quantitative estimate of drug-likeness (QED) is 0.725. The summed E-state index contributed by atoms with van der Waals surface area (Å²) in [6.07, 6.45) is 9.04. The third-order valence-electron chi connectivity index (χ3n) is 4.09. The highest BCUT2D eigenvalue weighted by molar-refractivity contribution is 7.91. The molecule has 1 fully saturated rings. The van der Waals surface area contributed by atoms with Gasteiger partial charge < -0.3 is 9.47 Å². The molecule has 0 spiro atoms. The van der Waals surface area contributed by atoms with Crippen molar-refractivity contribution in [1.29, 1.82) is 0 Å². The van der Waals surface area contributed by atoms with Crippen LogP contribution in [-0.2, 0) is 21.2 Å². The summed E-state index contributed by atoms with van der Waals surface area (Å²) in [6, 6.07) is -0.128. The summed E-state index contributed by atoms with van der Waals surface area (Å²) in [5.74, 6) is 0.419. The fourth-order valence-electron chi connectivity index (χ4n) is 2.84. The van der Waals surface area contributed by atoms with Crippen LogP contribution in [0.4, 0.5) is 0 Å². The van der Waals surface area contributed by atoms with Crippen LogP contribution in [0, 0.1) is 0 Å². The third-order valence-corrected chi connectivity index (χ3v) is 5.84. The summed E-state index contributed by atoms with van der Waals surface area (Å²) in [6.45, 7) is 3.50. The van der Waals surface area contributed by atoms with Gasteiger partial charge in [-0.25, -0.2) is 13.4 Å². The first kappa shape index (κ1) is 17.0. The number of hydrogen-bond acceptors (Lipinski definition) is 4. The van der Waals surface area contributed by atoms with Gasteiger partial charge in [0.2, 0.25) is 5.91 Å². The molecule has 1 aromatic heterocycles.